The van der Waals surface area contributed by atoms with Crippen LogP contribution in [0.5, 0.6) is 0 Å². The summed E-state index contributed by atoms with van der Waals surface area (Å²) < 4.78 is 41.6. The molecule has 0 aliphatic carbocycles. The summed E-state index contributed by atoms with van der Waals surface area (Å²) in [7, 11) is 2.13. The molecule has 0 spiro atoms. The van der Waals surface area contributed by atoms with Crippen molar-refractivity contribution in [2.75, 3.05) is 70.5 Å². The average molecular weight is 755 g/mol. The van der Waals surface area contributed by atoms with Gasteiger partial charge in [0.2, 0.25) is 11.8 Å². The van der Waals surface area contributed by atoms with Crippen LogP contribution in [0.2, 0.25) is 0 Å². The van der Waals surface area contributed by atoms with E-state index in [4.69, 9.17) is 5.73 Å². The van der Waals surface area contributed by atoms with E-state index >= 15 is 0 Å². The zero-order chi connectivity index (χ0) is 34.2. The number of nitrogen functional groups attached to an aromatic ring is 1. The Labute approximate surface area is 291 Å². The van der Waals surface area contributed by atoms with Gasteiger partial charge in [-0.05, 0) is 97.3 Å². The molecule has 4 aliphatic heterocycles. The van der Waals surface area contributed by atoms with Crippen molar-refractivity contribution in [3.8, 4) is 0 Å². The van der Waals surface area contributed by atoms with E-state index in [-0.39, 0.29) is 41.2 Å². The van der Waals surface area contributed by atoms with E-state index in [1.54, 1.807) is 21.1 Å². The Morgan fingerprint density at radius 2 is 1.67 bits per heavy atom. The first kappa shape index (κ1) is 35.0. The van der Waals surface area contributed by atoms with Crippen molar-refractivity contribution in [1.29, 1.82) is 0 Å². The fourth-order valence-corrected chi connectivity index (χ4v) is 8.87. The van der Waals surface area contributed by atoms with Crippen LogP contribution in [0.25, 0.3) is 0 Å². The fourth-order valence-electron chi connectivity index (χ4n) is 7.53. The van der Waals surface area contributed by atoms with E-state index in [0.29, 0.717) is 57.2 Å². The van der Waals surface area contributed by atoms with Gasteiger partial charge in [0, 0.05) is 67.1 Å². The second-order valence-corrected chi connectivity index (χ2v) is 15.3. The minimum absolute atomic E-state index is 0.0181. The Morgan fingerprint density at radius 3 is 2.33 bits per heavy atom. The van der Waals surface area contributed by atoms with Crippen LogP contribution in [-0.4, -0.2) is 114 Å². The van der Waals surface area contributed by atoms with Crippen LogP contribution < -0.4 is 11.1 Å². The highest BCUT2D eigenvalue weighted by atomic mass is 79.9. The maximum absolute atomic E-state index is 14.1. The van der Waals surface area contributed by atoms with Crippen LogP contribution in [0, 0.1) is 5.92 Å². The quantitative estimate of drug-likeness (QED) is 0.389. The van der Waals surface area contributed by atoms with E-state index in [2.05, 4.69) is 38.1 Å². The SMILES string of the molecule is CN1CCC(N2CCN(C(=O)[C@H](CC(=O)N3CCC(N4Cc5sccc5NC4=O)CC3)Cc3cc(Br)c(N)c(C(F)(F)F)c3)CC2)CC1. The molecular weight excluding hydrogens is 711 g/mol. The fraction of sp³-hybridized carbons (Fsp3) is 0.606. The Bertz CT molecular complexity index is 1500. The van der Waals surface area contributed by atoms with Crippen molar-refractivity contribution >= 4 is 56.5 Å². The lowest BCUT2D eigenvalue weighted by atomic mass is 9.91. The number of rotatable bonds is 7. The number of benzene rings is 1. The van der Waals surface area contributed by atoms with Gasteiger partial charge < -0.3 is 30.7 Å². The second kappa shape index (κ2) is 14.5. The third-order valence-electron chi connectivity index (χ3n) is 10.4. The van der Waals surface area contributed by atoms with Crippen molar-refractivity contribution in [2.45, 2.75) is 63.3 Å². The predicted octanol–water partition coefficient (Wildman–Crippen LogP) is 4.94. The molecule has 3 N–H and O–H groups in total. The van der Waals surface area contributed by atoms with Gasteiger partial charge in [0.05, 0.1) is 29.4 Å². The normalized spacial score (nSPS) is 21.3. The van der Waals surface area contributed by atoms with Crippen LogP contribution in [0.3, 0.4) is 0 Å². The molecule has 15 heteroatoms. The highest BCUT2D eigenvalue weighted by molar-refractivity contribution is 9.10. The first-order valence-corrected chi connectivity index (χ1v) is 18.3. The number of thiophene rings is 1. The number of nitrogens with one attached hydrogen (secondary N) is 1. The van der Waals surface area contributed by atoms with E-state index in [9.17, 15) is 27.6 Å². The third kappa shape index (κ3) is 7.79. The first-order valence-electron chi connectivity index (χ1n) is 16.7. The van der Waals surface area contributed by atoms with Crippen molar-refractivity contribution in [2.24, 2.45) is 5.92 Å². The minimum atomic E-state index is -4.66. The van der Waals surface area contributed by atoms with Crippen LogP contribution in [0.4, 0.5) is 29.3 Å². The summed E-state index contributed by atoms with van der Waals surface area (Å²) in [5, 5.41) is 4.90. The van der Waals surface area contributed by atoms with Crippen molar-refractivity contribution < 1.29 is 27.6 Å². The molecule has 4 aliphatic rings. The maximum Gasteiger partial charge on any atom is 0.418 e. The van der Waals surface area contributed by atoms with E-state index < -0.39 is 23.3 Å². The summed E-state index contributed by atoms with van der Waals surface area (Å²) in [5.74, 6) is -1.24. The summed E-state index contributed by atoms with van der Waals surface area (Å²) in [6.45, 7) is 6.00. The lowest BCUT2D eigenvalue weighted by Crippen LogP contribution is -2.55. The Hall–Kier alpha value is -2.88. The van der Waals surface area contributed by atoms with Gasteiger partial charge >= 0.3 is 12.2 Å². The van der Waals surface area contributed by atoms with Crippen LogP contribution in [0.1, 0.15) is 48.1 Å². The number of alkyl halides is 3. The molecule has 2 aromatic rings. The molecular formula is C33H43BrF3N7O3S. The van der Waals surface area contributed by atoms with E-state index in [0.717, 1.165) is 55.7 Å². The molecule has 10 nitrogen and oxygen atoms in total. The molecule has 5 heterocycles. The number of amides is 4. The molecule has 0 radical (unpaired) electrons. The zero-order valence-electron chi connectivity index (χ0n) is 27.1. The van der Waals surface area contributed by atoms with Crippen molar-refractivity contribution in [3.63, 3.8) is 0 Å². The molecule has 0 saturated carbocycles. The summed E-state index contributed by atoms with van der Waals surface area (Å²) in [6.07, 6.45) is -1.40. The van der Waals surface area contributed by atoms with Gasteiger partial charge in [0.1, 0.15) is 0 Å². The summed E-state index contributed by atoms with van der Waals surface area (Å²) >= 11 is 4.77. The number of carbonyl (C=O) groups excluding carboxylic acids is 3. The van der Waals surface area contributed by atoms with E-state index in [1.165, 1.54) is 6.07 Å². The molecule has 3 fully saturated rings. The largest absolute Gasteiger partial charge is 0.418 e. The number of carbonyl (C=O) groups is 3. The van der Waals surface area contributed by atoms with Crippen molar-refractivity contribution in [1.82, 2.24) is 24.5 Å². The van der Waals surface area contributed by atoms with Gasteiger partial charge in [-0.25, -0.2) is 4.79 Å². The molecule has 6 rings (SSSR count). The Morgan fingerprint density at radius 1 is 1.00 bits per heavy atom. The number of hydrogen-bond acceptors (Lipinski definition) is 7. The molecule has 1 atom stereocenters. The molecule has 0 unspecified atom stereocenters. The lowest BCUT2D eigenvalue weighted by molar-refractivity contribution is -0.143. The van der Waals surface area contributed by atoms with Crippen LogP contribution in [-0.2, 0) is 28.7 Å². The van der Waals surface area contributed by atoms with Gasteiger partial charge in [-0.1, -0.05) is 0 Å². The van der Waals surface area contributed by atoms with Crippen LogP contribution in [0.15, 0.2) is 28.1 Å². The number of hydrogen-bond donors (Lipinski definition) is 2. The molecule has 262 valence electrons. The standard InChI is InChI=1S/C33H43BrF3N7O3S/c1-40-7-2-23(3-8-40)41-11-13-43(14-12-41)31(46)22(16-21-17-25(33(35,36)37)30(38)26(34)18-21)19-29(45)42-9-4-24(5-10-42)44-20-28-27(6-15-48-28)39-32(44)47/h6,15,17-18,22-24H,2-5,7-14,16,19-20,38H2,1H3,(H,39,47)/t22-/m0/s1. The van der Waals surface area contributed by atoms with Crippen LogP contribution >= 0.6 is 27.3 Å². The number of fused-ring (bicyclic) bond motifs is 1. The van der Waals surface area contributed by atoms with Crippen molar-refractivity contribution in [3.05, 3.63) is 44.1 Å². The monoisotopic (exact) mass is 753 g/mol. The van der Waals surface area contributed by atoms with E-state index in [1.807, 2.05) is 16.3 Å². The molecule has 3 saturated heterocycles. The topological polar surface area (TPSA) is 105 Å². The average Bonchev–Trinajstić information content (AvgIpc) is 3.52. The Kier molecular flexibility index (Phi) is 10.6. The Balaban J connectivity index is 1.13. The van der Waals surface area contributed by atoms with Gasteiger partial charge in [0.25, 0.3) is 0 Å². The summed E-state index contributed by atoms with van der Waals surface area (Å²) in [6, 6.07) is 4.74. The summed E-state index contributed by atoms with van der Waals surface area (Å²) in [4.78, 5) is 51.8. The maximum atomic E-state index is 14.1. The predicted molar refractivity (Wildman–Crippen MR) is 183 cm³/mol. The number of nitrogens with two attached hydrogens (primary N) is 1. The third-order valence-corrected chi connectivity index (χ3v) is 12.0. The molecule has 1 aromatic carbocycles. The second-order valence-electron chi connectivity index (χ2n) is 13.5. The summed E-state index contributed by atoms with van der Waals surface area (Å²) in [5.41, 5.74) is 5.53. The first-order chi connectivity index (χ1) is 22.9. The van der Waals surface area contributed by atoms with Gasteiger partial charge in [-0.2, -0.15) is 13.2 Å². The number of piperidine rings is 2. The number of anilines is 2. The molecule has 4 amide bonds. The number of likely N-dealkylation sites (tertiary alicyclic amines) is 2. The zero-order valence-corrected chi connectivity index (χ0v) is 29.5. The number of urea groups is 1. The van der Waals surface area contributed by atoms with Gasteiger partial charge in [0.15, 0.2) is 0 Å². The lowest BCUT2D eigenvalue weighted by Gasteiger charge is -2.43. The minimum Gasteiger partial charge on any atom is -0.397 e. The highest BCUT2D eigenvalue weighted by Gasteiger charge is 2.38. The molecule has 48 heavy (non-hydrogen) atoms. The smallest absolute Gasteiger partial charge is 0.397 e. The van der Waals surface area contributed by atoms with Gasteiger partial charge in [-0.15, -0.1) is 11.3 Å². The molecule has 1 aromatic heterocycles. The highest BCUT2D eigenvalue weighted by Crippen LogP contribution is 2.39. The number of piperazine rings is 1. The molecule has 0 bridgehead atoms. The van der Waals surface area contributed by atoms with Gasteiger partial charge in [-0.3, -0.25) is 14.5 Å². The number of halogens is 4. The number of nitrogens with zero attached hydrogens (tertiary/aromatic N) is 5.